The van der Waals surface area contributed by atoms with Crippen LogP contribution in [-0.4, -0.2) is 36.6 Å². The van der Waals surface area contributed by atoms with Crippen LogP contribution in [0.5, 0.6) is 0 Å². The van der Waals surface area contributed by atoms with Crippen LogP contribution in [0.4, 0.5) is 0 Å². The van der Waals surface area contributed by atoms with Crippen LogP contribution in [-0.2, 0) is 0 Å². The first-order valence-electron chi connectivity index (χ1n) is 7.82. The molecule has 0 aromatic carbocycles. The zero-order valence-corrected chi connectivity index (χ0v) is 11.3. The van der Waals surface area contributed by atoms with Crippen molar-refractivity contribution in [1.29, 1.82) is 0 Å². The van der Waals surface area contributed by atoms with E-state index in [4.69, 9.17) is 0 Å². The summed E-state index contributed by atoms with van der Waals surface area (Å²) < 4.78 is 0. The normalized spacial score (nSPS) is 42.9. The van der Waals surface area contributed by atoms with Crippen molar-refractivity contribution in [2.24, 2.45) is 11.8 Å². The molecule has 0 aromatic rings. The lowest BCUT2D eigenvalue weighted by Crippen LogP contribution is -2.42. The smallest absolute Gasteiger partial charge is 0.0250 e. The van der Waals surface area contributed by atoms with Gasteiger partial charge in [-0.2, -0.15) is 0 Å². The highest BCUT2D eigenvalue weighted by Crippen LogP contribution is 2.31. The lowest BCUT2D eigenvalue weighted by molar-refractivity contribution is 0.230. The third kappa shape index (κ3) is 2.53. The van der Waals surface area contributed by atoms with Gasteiger partial charge < -0.3 is 5.32 Å². The minimum atomic E-state index is 0.812. The van der Waals surface area contributed by atoms with E-state index in [2.05, 4.69) is 17.1 Å². The van der Waals surface area contributed by atoms with E-state index in [9.17, 15) is 0 Å². The molecule has 2 heteroatoms. The molecule has 1 aliphatic carbocycles. The number of nitrogens with one attached hydrogen (secondary N) is 1. The highest BCUT2D eigenvalue weighted by molar-refractivity contribution is 4.96. The molecule has 4 unspecified atom stereocenters. The third-order valence-corrected chi connectivity index (χ3v) is 5.54. The van der Waals surface area contributed by atoms with Crippen LogP contribution < -0.4 is 5.32 Å². The SMILES string of the molecule is CC1CCCCC1CNC1CCN2CCCC12. The molecule has 1 saturated carbocycles. The van der Waals surface area contributed by atoms with Gasteiger partial charge in [-0.05, 0) is 50.6 Å². The minimum Gasteiger partial charge on any atom is -0.312 e. The fourth-order valence-corrected chi connectivity index (χ4v) is 4.32. The molecule has 0 bridgehead atoms. The Morgan fingerprint density at radius 1 is 1.00 bits per heavy atom. The van der Waals surface area contributed by atoms with E-state index in [1.807, 2.05) is 0 Å². The van der Waals surface area contributed by atoms with Crippen LogP contribution in [0.2, 0.25) is 0 Å². The molecule has 3 aliphatic rings. The fourth-order valence-electron chi connectivity index (χ4n) is 4.32. The number of hydrogen-bond donors (Lipinski definition) is 1. The number of hydrogen-bond acceptors (Lipinski definition) is 2. The molecule has 2 heterocycles. The largest absolute Gasteiger partial charge is 0.312 e. The summed E-state index contributed by atoms with van der Waals surface area (Å²) in [6.07, 6.45) is 10.1. The second kappa shape index (κ2) is 5.27. The Kier molecular flexibility index (Phi) is 3.72. The summed E-state index contributed by atoms with van der Waals surface area (Å²) in [6, 6.07) is 1.69. The highest BCUT2D eigenvalue weighted by atomic mass is 15.2. The Morgan fingerprint density at radius 3 is 2.76 bits per heavy atom. The highest BCUT2D eigenvalue weighted by Gasteiger charge is 2.37. The molecule has 1 N–H and O–H groups in total. The van der Waals surface area contributed by atoms with Crippen molar-refractivity contribution in [2.45, 2.75) is 64.0 Å². The molecular weight excluding hydrogens is 208 g/mol. The van der Waals surface area contributed by atoms with Gasteiger partial charge in [0.15, 0.2) is 0 Å². The second-order valence-electron chi connectivity index (χ2n) is 6.57. The molecule has 2 saturated heterocycles. The molecular formula is C15H28N2. The van der Waals surface area contributed by atoms with Crippen molar-refractivity contribution in [3.05, 3.63) is 0 Å². The lowest BCUT2D eigenvalue weighted by Gasteiger charge is -2.31. The van der Waals surface area contributed by atoms with E-state index in [1.54, 1.807) is 0 Å². The summed E-state index contributed by atoms with van der Waals surface area (Å²) >= 11 is 0. The van der Waals surface area contributed by atoms with Crippen LogP contribution in [0.1, 0.15) is 51.9 Å². The Morgan fingerprint density at radius 2 is 1.88 bits per heavy atom. The van der Waals surface area contributed by atoms with E-state index < -0.39 is 0 Å². The molecule has 0 spiro atoms. The summed E-state index contributed by atoms with van der Waals surface area (Å²) in [5.41, 5.74) is 0. The van der Waals surface area contributed by atoms with E-state index in [0.717, 1.165) is 23.9 Å². The van der Waals surface area contributed by atoms with E-state index in [1.165, 1.54) is 64.6 Å². The van der Waals surface area contributed by atoms with Crippen LogP contribution in [0.25, 0.3) is 0 Å². The predicted octanol–water partition coefficient (Wildman–Crippen LogP) is 2.64. The van der Waals surface area contributed by atoms with Crippen LogP contribution in [0.3, 0.4) is 0 Å². The Hall–Kier alpha value is -0.0800. The minimum absolute atomic E-state index is 0.812. The molecule has 0 aromatic heterocycles. The van der Waals surface area contributed by atoms with Gasteiger partial charge in [-0.1, -0.05) is 26.2 Å². The summed E-state index contributed by atoms with van der Waals surface area (Å²) in [7, 11) is 0. The first-order valence-corrected chi connectivity index (χ1v) is 7.82. The maximum atomic E-state index is 3.91. The molecule has 98 valence electrons. The van der Waals surface area contributed by atoms with Crippen molar-refractivity contribution >= 4 is 0 Å². The van der Waals surface area contributed by atoms with Gasteiger partial charge in [0.2, 0.25) is 0 Å². The molecule has 2 nitrogen and oxygen atoms in total. The summed E-state index contributed by atoms with van der Waals surface area (Å²) in [5, 5.41) is 3.91. The lowest BCUT2D eigenvalue weighted by atomic mass is 9.80. The molecule has 17 heavy (non-hydrogen) atoms. The van der Waals surface area contributed by atoms with Crippen molar-refractivity contribution in [3.63, 3.8) is 0 Å². The standard InChI is InChI=1S/C15H28N2/c1-12-5-2-3-6-13(12)11-16-14-8-10-17-9-4-7-15(14)17/h12-16H,2-11H2,1H3. The van der Waals surface area contributed by atoms with Gasteiger partial charge in [0.25, 0.3) is 0 Å². The zero-order valence-electron chi connectivity index (χ0n) is 11.3. The maximum Gasteiger partial charge on any atom is 0.0250 e. The first-order chi connectivity index (χ1) is 8.34. The Bertz CT molecular complexity index is 253. The monoisotopic (exact) mass is 236 g/mol. The van der Waals surface area contributed by atoms with Gasteiger partial charge in [-0.15, -0.1) is 0 Å². The van der Waals surface area contributed by atoms with Gasteiger partial charge in [-0.3, -0.25) is 4.90 Å². The Labute approximate surface area is 106 Å². The molecule has 2 aliphatic heterocycles. The van der Waals surface area contributed by atoms with Crippen molar-refractivity contribution in [1.82, 2.24) is 10.2 Å². The summed E-state index contributed by atoms with van der Waals surface area (Å²) in [6.45, 7) is 6.46. The second-order valence-corrected chi connectivity index (χ2v) is 6.57. The van der Waals surface area contributed by atoms with Crippen LogP contribution in [0.15, 0.2) is 0 Å². The maximum absolute atomic E-state index is 3.91. The number of rotatable bonds is 3. The zero-order chi connectivity index (χ0) is 11.7. The van der Waals surface area contributed by atoms with Gasteiger partial charge in [0, 0.05) is 18.6 Å². The molecule has 3 rings (SSSR count). The topological polar surface area (TPSA) is 15.3 Å². The van der Waals surface area contributed by atoms with E-state index >= 15 is 0 Å². The van der Waals surface area contributed by atoms with Gasteiger partial charge in [-0.25, -0.2) is 0 Å². The van der Waals surface area contributed by atoms with E-state index in [0.29, 0.717) is 0 Å². The summed E-state index contributed by atoms with van der Waals surface area (Å²) in [4.78, 5) is 2.71. The molecule has 0 amide bonds. The first kappa shape index (κ1) is 12.0. The average Bonchev–Trinajstić information content (AvgIpc) is 2.91. The number of fused-ring (bicyclic) bond motifs is 1. The average molecular weight is 236 g/mol. The molecule has 4 atom stereocenters. The Balaban J connectivity index is 1.47. The molecule has 0 radical (unpaired) electrons. The quantitative estimate of drug-likeness (QED) is 0.810. The van der Waals surface area contributed by atoms with E-state index in [-0.39, 0.29) is 0 Å². The van der Waals surface area contributed by atoms with Crippen molar-refractivity contribution in [3.8, 4) is 0 Å². The molecule has 3 fully saturated rings. The third-order valence-electron chi connectivity index (χ3n) is 5.54. The van der Waals surface area contributed by atoms with Crippen molar-refractivity contribution < 1.29 is 0 Å². The fraction of sp³-hybridized carbons (Fsp3) is 1.00. The van der Waals surface area contributed by atoms with Gasteiger partial charge in [0.05, 0.1) is 0 Å². The van der Waals surface area contributed by atoms with Gasteiger partial charge in [0.1, 0.15) is 0 Å². The van der Waals surface area contributed by atoms with Crippen molar-refractivity contribution in [2.75, 3.05) is 19.6 Å². The van der Waals surface area contributed by atoms with Crippen LogP contribution >= 0.6 is 0 Å². The predicted molar refractivity (Wildman–Crippen MR) is 72.1 cm³/mol. The number of nitrogens with zero attached hydrogens (tertiary/aromatic N) is 1. The van der Waals surface area contributed by atoms with Gasteiger partial charge >= 0.3 is 0 Å². The van der Waals surface area contributed by atoms with Crippen LogP contribution in [0, 0.1) is 11.8 Å². The summed E-state index contributed by atoms with van der Waals surface area (Å²) in [5.74, 6) is 1.91.